The van der Waals surface area contributed by atoms with Crippen molar-refractivity contribution in [2.75, 3.05) is 33.2 Å². The number of rotatable bonds is 2. The summed E-state index contributed by atoms with van der Waals surface area (Å²) >= 11 is 0. The summed E-state index contributed by atoms with van der Waals surface area (Å²) in [6.45, 7) is 2.25. The summed E-state index contributed by atoms with van der Waals surface area (Å²) in [7, 11) is 1.93. The summed E-state index contributed by atoms with van der Waals surface area (Å²) in [5.74, 6) is -0.791. The van der Waals surface area contributed by atoms with Crippen LogP contribution in [-0.2, 0) is 4.79 Å². The molecular weight excluding hydrogens is 282 g/mol. The second-order valence-electron chi connectivity index (χ2n) is 5.75. The number of aromatic amines is 1. The van der Waals surface area contributed by atoms with Crippen LogP contribution < -0.4 is 5.73 Å². The van der Waals surface area contributed by atoms with Gasteiger partial charge >= 0.3 is 0 Å². The average molecular weight is 301 g/mol. The zero-order valence-electron chi connectivity index (χ0n) is 12.5. The van der Waals surface area contributed by atoms with Crippen LogP contribution in [0, 0.1) is 5.92 Å². The number of carbonyl (C=O) groups excluding carboxylic acids is 2. The van der Waals surface area contributed by atoms with Gasteiger partial charge in [0.15, 0.2) is 0 Å². The van der Waals surface area contributed by atoms with Crippen molar-refractivity contribution in [2.24, 2.45) is 11.7 Å². The molecule has 1 fully saturated rings. The standard InChI is InChI=1S/C15H19N5O2/c1-19-4-5-20(8-11(7-19)14(16)21)15(22)10-2-3-12-13(6-10)18-9-17-12/h2-3,6,9,11H,4-5,7-8H2,1H3,(H2,16,21)(H,17,18). The molecule has 1 aromatic heterocycles. The first-order chi connectivity index (χ1) is 10.5. The normalized spacial score (nSPS) is 20.0. The summed E-state index contributed by atoms with van der Waals surface area (Å²) < 4.78 is 0. The molecule has 116 valence electrons. The Bertz CT molecular complexity index is 711. The SMILES string of the molecule is CN1CCN(C(=O)c2ccc3nc[nH]c3c2)CC(C(N)=O)C1. The van der Waals surface area contributed by atoms with Crippen LogP contribution in [0.3, 0.4) is 0 Å². The molecule has 2 aromatic rings. The van der Waals surface area contributed by atoms with E-state index < -0.39 is 0 Å². The zero-order chi connectivity index (χ0) is 15.7. The first-order valence-electron chi connectivity index (χ1n) is 7.25. The van der Waals surface area contributed by atoms with Crippen molar-refractivity contribution in [3.8, 4) is 0 Å². The minimum Gasteiger partial charge on any atom is -0.369 e. The molecule has 2 heterocycles. The fourth-order valence-electron chi connectivity index (χ4n) is 2.79. The van der Waals surface area contributed by atoms with Gasteiger partial charge in [0.1, 0.15) is 0 Å². The summed E-state index contributed by atoms with van der Waals surface area (Å²) in [5.41, 5.74) is 7.68. The fraction of sp³-hybridized carbons (Fsp3) is 0.400. The van der Waals surface area contributed by atoms with E-state index in [0.717, 1.165) is 17.6 Å². The van der Waals surface area contributed by atoms with Gasteiger partial charge in [-0.1, -0.05) is 0 Å². The molecular formula is C15H19N5O2. The number of likely N-dealkylation sites (N-methyl/N-ethyl adjacent to an activating group) is 1. The minimum absolute atomic E-state index is 0.0851. The molecule has 0 saturated carbocycles. The van der Waals surface area contributed by atoms with Crippen LogP contribution in [0.5, 0.6) is 0 Å². The number of hydrogen-bond acceptors (Lipinski definition) is 4. The molecule has 0 spiro atoms. The molecule has 0 radical (unpaired) electrons. The fourth-order valence-corrected chi connectivity index (χ4v) is 2.79. The molecule has 1 aromatic carbocycles. The predicted molar refractivity (Wildman–Crippen MR) is 82.2 cm³/mol. The molecule has 1 saturated heterocycles. The molecule has 7 heteroatoms. The quantitative estimate of drug-likeness (QED) is 0.819. The van der Waals surface area contributed by atoms with Crippen molar-refractivity contribution in [3.63, 3.8) is 0 Å². The smallest absolute Gasteiger partial charge is 0.253 e. The van der Waals surface area contributed by atoms with E-state index in [1.54, 1.807) is 23.4 Å². The van der Waals surface area contributed by atoms with Gasteiger partial charge in [-0.3, -0.25) is 9.59 Å². The van der Waals surface area contributed by atoms with Gasteiger partial charge < -0.3 is 20.5 Å². The van der Waals surface area contributed by atoms with E-state index in [9.17, 15) is 9.59 Å². The topological polar surface area (TPSA) is 95.3 Å². The first-order valence-corrected chi connectivity index (χ1v) is 7.25. The Morgan fingerprint density at radius 1 is 1.32 bits per heavy atom. The monoisotopic (exact) mass is 301 g/mol. The van der Waals surface area contributed by atoms with Crippen LogP contribution in [0.2, 0.25) is 0 Å². The van der Waals surface area contributed by atoms with E-state index in [1.165, 1.54) is 0 Å². The van der Waals surface area contributed by atoms with Crippen molar-refractivity contribution in [1.29, 1.82) is 0 Å². The van der Waals surface area contributed by atoms with Crippen molar-refractivity contribution >= 4 is 22.8 Å². The first kappa shape index (κ1) is 14.5. The van der Waals surface area contributed by atoms with Crippen molar-refractivity contribution in [2.45, 2.75) is 0 Å². The Morgan fingerprint density at radius 3 is 2.91 bits per heavy atom. The molecule has 22 heavy (non-hydrogen) atoms. The number of nitrogens with one attached hydrogen (secondary N) is 1. The van der Waals surface area contributed by atoms with Gasteiger partial charge in [-0.25, -0.2) is 4.98 Å². The predicted octanol–water partition coefficient (Wildman–Crippen LogP) is 0.0520. The van der Waals surface area contributed by atoms with Crippen molar-refractivity contribution < 1.29 is 9.59 Å². The lowest BCUT2D eigenvalue weighted by Crippen LogP contribution is -2.40. The lowest BCUT2D eigenvalue weighted by atomic mass is 10.1. The van der Waals surface area contributed by atoms with Crippen LogP contribution in [0.25, 0.3) is 11.0 Å². The number of aromatic nitrogens is 2. The third-order valence-corrected chi connectivity index (χ3v) is 4.08. The highest BCUT2D eigenvalue weighted by Crippen LogP contribution is 2.16. The van der Waals surface area contributed by atoms with E-state index in [4.69, 9.17) is 5.73 Å². The molecule has 3 N–H and O–H groups in total. The van der Waals surface area contributed by atoms with Crippen molar-refractivity contribution in [3.05, 3.63) is 30.1 Å². The maximum absolute atomic E-state index is 12.7. The number of imidazole rings is 1. The maximum Gasteiger partial charge on any atom is 0.253 e. The van der Waals surface area contributed by atoms with E-state index in [2.05, 4.69) is 9.97 Å². The molecule has 1 unspecified atom stereocenters. The Hall–Kier alpha value is -2.41. The van der Waals surface area contributed by atoms with Crippen LogP contribution >= 0.6 is 0 Å². The summed E-state index contributed by atoms with van der Waals surface area (Å²) in [5, 5.41) is 0. The second-order valence-corrected chi connectivity index (χ2v) is 5.75. The van der Waals surface area contributed by atoms with Gasteiger partial charge in [-0.15, -0.1) is 0 Å². The van der Waals surface area contributed by atoms with Gasteiger partial charge in [0, 0.05) is 31.7 Å². The Morgan fingerprint density at radius 2 is 2.14 bits per heavy atom. The van der Waals surface area contributed by atoms with Crippen LogP contribution in [0.1, 0.15) is 10.4 Å². The molecule has 0 bridgehead atoms. The molecule has 1 aliphatic rings. The lowest BCUT2D eigenvalue weighted by Gasteiger charge is -2.22. The molecule has 2 amide bonds. The number of hydrogen-bond donors (Lipinski definition) is 2. The number of H-pyrrole nitrogens is 1. The van der Waals surface area contributed by atoms with Crippen LogP contribution in [0.15, 0.2) is 24.5 Å². The average Bonchev–Trinajstić information content (AvgIpc) is 2.87. The van der Waals surface area contributed by atoms with Gasteiger partial charge in [-0.05, 0) is 25.2 Å². The summed E-state index contributed by atoms with van der Waals surface area (Å²) in [4.78, 5) is 35.1. The summed E-state index contributed by atoms with van der Waals surface area (Å²) in [6, 6.07) is 5.37. The van der Waals surface area contributed by atoms with Crippen LogP contribution in [0.4, 0.5) is 0 Å². The van der Waals surface area contributed by atoms with Gasteiger partial charge in [0.25, 0.3) is 5.91 Å². The number of nitrogens with two attached hydrogens (primary N) is 1. The number of carbonyl (C=O) groups is 2. The van der Waals surface area contributed by atoms with Gasteiger partial charge in [0.2, 0.25) is 5.91 Å². The Labute approximate surface area is 128 Å². The Balaban J connectivity index is 1.84. The number of fused-ring (bicyclic) bond motifs is 1. The number of primary amides is 1. The van der Waals surface area contributed by atoms with E-state index in [0.29, 0.717) is 25.2 Å². The molecule has 1 aliphatic heterocycles. The third-order valence-electron chi connectivity index (χ3n) is 4.08. The number of benzene rings is 1. The molecule has 7 nitrogen and oxygen atoms in total. The largest absolute Gasteiger partial charge is 0.369 e. The highest BCUT2D eigenvalue weighted by atomic mass is 16.2. The minimum atomic E-state index is -0.365. The summed E-state index contributed by atoms with van der Waals surface area (Å²) in [6.07, 6.45) is 1.60. The Kier molecular flexibility index (Phi) is 3.81. The number of amides is 2. The van der Waals surface area contributed by atoms with E-state index in [1.807, 2.05) is 18.0 Å². The number of nitrogens with zero attached hydrogens (tertiary/aromatic N) is 3. The molecule has 1 atom stereocenters. The van der Waals surface area contributed by atoms with Gasteiger partial charge in [-0.2, -0.15) is 0 Å². The molecule has 3 rings (SSSR count). The van der Waals surface area contributed by atoms with E-state index in [-0.39, 0.29) is 17.7 Å². The highest BCUT2D eigenvalue weighted by Gasteiger charge is 2.28. The highest BCUT2D eigenvalue weighted by molar-refractivity contribution is 5.97. The lowest BCUT2D eigenvalue weighted by molar-refractivity contribution is -0.122. The second kappa shape index (κ2) is 5.76. The van der Waals surface area contributed by atoms with Gasteiger partial charge in [0.05, 0.1) is 23.3 Å². The van der Waals surface area contributed by atoms with E-state index >= 15 is 0 Å². The zero-order valence-corrected chi connectivity index (χ0v) is 12.5. The maximum atomic E-state index is 12.7. The van der Waals surface area contributed by atoms with Crippen molar-refractivity contribution in [1.82, 2.24) is 19.8 Å². The molecule has 0 aliphatic carbocycles. The van der Waals surface area contributed by atoms with Crippen LogP contribution in [-0.4, -0.2) is 64.8 Å². The third kappa shape index (κ3) is 2.80.